The fourth-order valence-corrected chi connectivity index (χ4v) is 3.27. The van der Waals surface area contributed by atoms with Crippen LogP contribution in [0.25, 0.3) is 6.08 Å². The van der Waals surface area contributed by atoms with E-state index in [0.717, 1.165) is 16.7 Å². The third-order valence-electron chi connectivity index (χ3n) is 4.52. The zero-order valence-electron chi connectivity index (χ0n) is 16.2. The van der Waals surface area contributed by atoms with Gasteiger partial charge in [0, 0.05) is 10.6 Å². The minimum Gasteiger partial charge on any atom is -0.493 e. The van der Waals surface area contributed by atoms with Crippen molar-refractivity contribution < 1.29 is 19.1 Å². The number of hydrogen-bond acceptors (Lipinski definition) is 5. The molecule has 150 valence electrons. The first-order valence-corrected chi connectivity index (χ1v) is 9.64. The molecule has 0 bridgehead atoms. The van der Waals surface area contributed by atoms with Gasteiger partial charge in [-0.2, -0.15) is 0 Å². The lowest BCUT2D eigenvalue weighted by atomic mass is 10.0. The summed E-state index contributed by atoms with van der Waals surface area (Å²) in [5.41, 5.74) is 3.41. The van der Waals surface area contributed by atoms with Gasteiger partial charge in [0.2, 0.25) is 0 Å². The van der Waals surface area contributed by atoms with Crippen LogP contribution in [0.1, 0.15) is 16.7 Å². The van der Waals surface area contributed by atoms with E-state index in [2.05, 4.69) is 5.16 Å². The van der Waals surface area contributed by atoms with Crippen molar-refractivity contribution >= 4 is 29.4 Å². The number of benzene rings is 3. The molecular formula is C24H18ClNO4. The van der Waals surface area contributed by atoms with E-state index in [9.17, 15) is 4.79 Å². The van der Waals surface area contributed by atoms with Gasteiger partial charge in [-0.15, -0.1) is 0 Å². The highest BCUT2D eigenvalue weighted by Crippen LogP contribution is 2.31. The highest BCUT2D eigenvalue weighted by Gasteiger charge is 2.26. The molecule has 3 aromatic rings. The number of carbonyl (C=O) groups excluding carboxylic acids is 1. The second kappa shape index (κ2) is 8.84. The Kier molecular flexibility index (Phi) is 5.82. The van der Waals surface area contributed by atoms with E-state index in [1.54, 1.807) is 25.3 Å². The minimum atomic E-state index is -0.492. The first-order chi connectivity index (χ1) is 14.6. The topological polar surface area (TPSA) is 57.1 Å². The predicted octanol–water partition coefficient (Wildman–Crippen LogP) is 5.27. The lowest BCUT2D eigenvalue weighted by molar-refractivity contribution is -0.136. The third-order valence-corrected chi connectivity index (χ3v) is 4.76. The molecule has 0 atom stereocenters. The average Bonchev–Trinajstić information content (AvgIpc) is 3.13. The molecule has 0 N–H and O–H groups in total. The van der Waals surface area contributed by atoms with Crippen LogP contribution in [0.5, 0.6) is 11.5 Å². The minimum absolute atomic E-state index is 0.356. The van der Waals surface area contributed by atoms with Gasteiger partial charge in [-0.1, -0.05) is 65.3 Å². The van der Waals surface area contributed by atoms with Crippen LogP contribution in [0.15, 0.2) is 83.5 Å². The lowest BCUT2D eigenvalue weighted by Gasteiger charge is -2.12. The Balaban J connectivity index is 1.57. The van der Waals surface area contributed by atoms with Gasteiger partial charge < -0.3 is 14.3 Å². The number of carbonyl (C=O) groups is 1. The fraction of sp³-hybridized carbons (Fsp3) is 0.0833. The quantitative estimate of drug-likeness (QED) is 0.403. The molecule has 3 aromatic carbocycles. The largest absolute Gasteiger partial charge is 0.493 e. The van der Waals surface area contributed by atoms with Crippen molar-refractivity contribution in [2.75, 3.05) is 7.11 Å². The number of hydrogen-bond donors (Lipinski definition) is 0. The summed E-state index contributed by atoms with van der Waals surface area (Å²) < 4.78 is 11.4. The highest BCUT2D eigenvalue weighted by atomic mass is 35.5. The van der Waals surface area contributed by atoms with E-state index in [4.69, 9.17) is 25.9 Å². The van der Waals surface area contributed by atoms with E-state index in [1.165, 1.54) is 0 Å². The van der Waals surface area contributed by atoms with Gasteiger partial charge in [0.05, 0.1) is 12.7 Å². The molecule has 0 saturated carbocycles. The zero-order chi connectivity index (χ0) is 20.9. The lowest BCUT2D eigenvalue weighted by Crippen LogP contribution is -2.06. The summed E-state index contributed by atoms with van der Waals surface area (Å²) in [5.74, 6) is 0.649. The maximum Gasteiger partial charge on any atom is 0.368 e. The molecule has 5 nitrogen and oxygen atoms in total. The molecule has 1 aliphatic rings. The van der Waals surface area contributed by atoms with Crippen molar-refractivity contribution in [3.63, 3.8) is 0 Å². The van der Waals surface area contributed by atoms with Crippen molar-refractivity contribution in [1.29, 1.82) is 0 Å². The number of ether oxygens (including phenoxy) is 2. The Morgan fingerprint density at radius 3 is 2.60 bits per heavy atom. The Morgan fingerprint density at radius 2 is 1.83 bits per heavy atom. The van der Waals surface area contributed by atoms with Crippen LogP contribution in [0.3, 0.4) is 0 Å². The maximum absolute atomic E-state index is 12.2. The van der Waals surface area contributed by atoms with Gasteiger partial charge in [0.1, 0.15) is 12.3 Å². The van der Waals surface area contributed by atoms with Gasteiger partial charge in [-0.25, -0.2) is 4.79 Å². The average molecular weight is 420 g/mol. The molecule has 1 heterocycles. The highest BCUT2D eigenvalue weighted by molar-refractivity contribution is 6.31. The summed E-state index contributed by atoms with van der Waals surface area (Å²) >= 11 is 6.02. The standard InChI is InChI=1S/C24H18ClNO4/c1-28-22-14-16(10-11-21(22)29-15-17-6-5-9-19(25)12-17)13-20-23(26-30-24(20)27)18-7-3-2-4-8-18/h2-14H,15H2,1H3/b20-13-. The van der Waals surface area contributed by atoms with Crippen LogP contribution >= 0.6 is 11.6 Å². The molecule has 4 rings (SSSR count). The van der Waals surface area contributed by atoms with Crippen LogP contribution in [0.4, 0.5) is 0 Å². The number of oxime groups is 1. The number of halogens is 1. The Morgan fingerprint density at radius 1 is 1.00 bits per heavy atom. The van der Waals surface area contributed by atoms with Gasteiger partial charge in [0.15, 0.2) is 11.5 Å². The summed E-state index contributed by atoms with van der Waals surface area (Å²) in [6.07, 6.45) is 1.73. The van der Waals surface area contributed by atoms with Crippen LogP contribution in [0.2, 0.25) is 5.02 Å². The van der Waals surface area contributed by atoms with E-state index >= 15 is 0 Å². The molecule has 1 aliphatic heterocycles. The van der Waals surface area contributed by atoms with E-state index < -0.39 is 5.97 Å². The van der Waals surface area contributed by atoms with Crippen molar-refractivity contribution in [3.05, 3.63) is 100 Å². The van der Waals surface area contributed by atoms with Crippen LogP contribution in [-0.2, 0) is 16.2 Å². The number of rotatable bonds is 6. The summed E-state index contributed by atoms with van der Waals surface area (Å²) in [5, 5.41) is 4.58. The van der Waals surface area contributed by atoms with Crippen molar-refractivity contribution in [3.8, 4) is 11.5 Å². The maximum atomic E-state index is 12.2. The molecule has 30 heavy (non-hydrogen) atoms. The van der Waals surface area contributed by atoms with Crippen LogP contribution < -0.4 is 9.47 Å². The SMILES string of the molecule is COc1cc(/C=C2\C(=O)ON=C2c2ccccc2)ccc1OCc1cccc(Cl)c1. The molecule has 0 saturated heterocycles. The second-order valence-corrected chi connectivity index (χ2v) is 7.01. The molecule has 0 amide bonds. The molecule has 0 unspecified atom stereocenters. The zero-order valence-corrected chi connectivity index (χ0v) is 16.9. The smallest absolute Gasteiger partial charge is 0.368 e. The Bertz CT molecular complexity index is 1140. The summed E-state index contributed by atoms with van der Waals surface area (Å²) in [6, 6.07) is 22.3. The first kappa shape index (κ1) is 19.7. The molecule has 0 fully saturated rings. The summed E-state index contributed by atoms with van der Waals surface area (Å²) in [7, 11) is 1.57. The van der Waals surface area contributed by atoms with E-state index in [-0.39, 0.29) is 0 Å². The Hall–Kier alpha value is -3.57. The first-order valence-electron chi connectivity index (χ1n) is 9.26. The third kappa shape index (κ3) is 4.36. The van der Waals surface area contributed by atoms with Crippen molar-refractivity contribution in [1.82, 2.24) is 0 Å². The summed E-state index contributed by atoms with van der Waals surface area (Å²) in [6.45, 7) is 0.356. The van der Waals surface area contributed by atoms with Crippen LogP contribution in [0, 0.1) is 0 Å². The molecular weight excluding hydrogens is 402 g/mol. The fourth-order valence-electron chi connectivity index (χ4n) is 3.06. The van der Waals surface area contributed by atoms with Gasteiger partial charge in [0.25, 0.3) is 0 Å². The van der Waals surface area contributed by atoms with Gasteiger partial charge in [-0.05, 0) is 41.5 Å². The molecule has 0 aliphatic carbocycles. The number of methoxy groups -OCH3 is 1. The Labute approximate surface area is 179 Å². The normalized spacial score (nSPS) is 14.4. The molecule has 6 heteroatoms. The van der Waals surface area contributed by atoms with E-state index in [1.807, 2.05) is 60.7 Å². The van der Waals surface area contributed by atoms with Crippen molar-refractivity contribution in [2.45, 2.75) is 6.61 Å². The predicted molar refractivity (Wildman–Crippen MR) is 116 cm³/mol. The molecule has 0 radical (unpaired) electrons. The molecule has 0 spiro atoms. The second-order valence-electron chi connectivity index (χ2n) is 6.57. The van der Waals surface area contributed by atoms with Crippen molar-refractivity contribution in [2.24, 2.45) is 5.16 Å². The van der Waals surface area contributed by atoms with Crippen LogP contribution in [-0.4, -0.2) is 18.8 Å². The monoisotopic (exact) mass is 419 g/mol. The summed E-state index contributed by atoms with van der Waals surface area (Å²) in [4.78, 5) is 17.1. The van der Waals surface area contributed by atoms with E-state index in [0.29, 0.717) is 34.4 Å². The van der Waals surface area contributed by atoms with Gasteiger partial charge >= 0.3 is 5.97 Å². The molecule has 0 aromatic heterocycles. The number of nitrogens with zero attached hydrogens (tertiary/aromatic N) is 1. The van der Waals surface area contributed by atoms with Gasteiger partial charge in [-0.3, -0.25) is 0 Å².